The molecule has 0 unspecified atom stereocenters. The van der Waals surface area contributed by atoms with Crippen molar-refractivity contribution in [3.05, 3.63) is 106 Å². The number of Topliss-reactive ketones (excluding diaryl/α,β-unsaturated/α-hetero) is 1. The largest absolute Gasteiger partial charge is 0.508 e. The zero-order valence-electron chi connectivity index (χ0n) is 29.6. The molecule has 2 atom stereocenters. The molecule has 0 aromatic heterocycles. The molecule has 2 aromatic rings. The highest BCUT2D eigenvalue weighted by Gasteiger charge is 2.64. The van der Waals surface area contributed by atoms with E-state index in [9.17, 15) is 37.8 Å². The predicted molar refractivity (Wildman–Crippen MR) is 184 cm³/mol. The number of methoxy groups -OCH3 is 2. The maximum absolute atomic E-state index is 14.4. The molecule has 50 heavy (non-hydrogen) atoms. The number of hydrogen-bond acceptors (Lipinski definition) is 8. The van der Waals surface area contributed by atoms with Crippen LogP contribution < -0.4 is 0 Å². The third-order valence-corrected chi connectivity index (χ3v) is 8.05. The fourth-order valence-electron chi connectivity index (χ4n) is 5.19. The van der Waals surface area contributed by atoms with Gasteiger partial charge < -0.3 is 24.4 Å². The van der Waals surface area contributed by atoms with Crippen LogP contribution in [-0.4, -0.2) is 54.4 Å². The van der Waals surface area contributed by atoms with Crippen LogP contribution in [0.5, 0.6) is 11.5 Å². The van der Waals surface area contributed by atoms with Crippen LogP contribution in [0.2, 0.25) is 0 Å². The average molecular weight is 701 g/mol. The van der Waals surface area contributed by atoms with Crippen LogP contribution in [0.25, 0.3) is 0 Å². The van der Waals surface area contributed by atoms with Gasteiger partial charge in [-0.3, -0.25) is 9.59 Å². The Labute approximate surface area is 291 Å². The van der Waals surface area contributed by atoms with Gasteiger partial charge in [-0.2, -0.15) is 13.2 Å². The number of esters is 2. The molecule has 0 amide bonds. The molecule has 0 heterocycles. The minimum atomic E-state index is -5.17. The van der Waals surface area contributed by atoms with Crippen LogP contribution in [0.1, 0.15) is 77.0 Å². The van der Waals surface area contributed by atoms with E-state index < -0.39 is 41.2 Å². The molecule has 0 saturated heterocycles. The maximum Gasteiger partial charge on any atom is 0.432 e. The van der Waals surface area contributed by atoms with Gasteiger partial charge in [0.05, 0.1) is 13.5 Å². The normalized spacial score (nSPS) is 14.4. The highest BCUT2D eigenvalue weighted by Crippen LogP contribution is 2.43. The third-order valence-electron chi connectivity index (χ3n) is 8.05. The second kappa shape index (κ2) is 18.9. The molecule has 2 rings (SSSR count). The van der Waals surface area contributed by atoms with E-state index in [2.05, 4.69) is 10.8 Å². The Hall–Kier alpha value is -4.64. The van der Waals surface area contributed by atoms with Crippen LogP contribution >= 0.6 is 0 Å². The molecule has 0 aliphatic carbocycles. The number of phenolic OH excluding ortho intramolecular Hbond substituents is 2. The summed E-state index contributed by atoms with van der Waals surface area (Å²) in [7, 11) is 2.02. The van der Waals surface area contributed by atoms with Gasteiger partial charge in [0.1, 0.15) is 11.5 Å². The fourth-order valence-corrected chi connectivity index (χ4v) is 5.19. The van der Waals surface area contributed by atoms with E-state index in [-0.39, 0.29) is 29.1 Å². The molecule has 2 N–H and O–H groups in total. The summed E-state index contributed by atoms with van der Waals surface area (Å²) in [5, 5.41) is 20.6. The van der Waals surface area contributed by atoms with Crippen molar-refractivity contribution in [3.63, 3.8) is 0 Å². The van der Waals surface area contributed by atoms with Gasteiger partial charge in [0.2, 0.25) is 5.78 Å². The fraction of sp³-hybridized carbons (Fsp3) is 0.410. The molecule has 0 aliphatic rings. The van der Waals surface area contributed by atoms with Crippen molar-refractivity contribution in [3.8, 4) is 11.5 Å². The molecular weight excluding hydrogens is 653 g/mol. The van der Waals surface area contributed by atoms with Crippen molar-refractivity contribution in [2.75, 3.05) is 14.2 Å². The molecule has 0 fully saturated rings. The minimum absolute atomic E-state index is 0.0570. The Morgan fingerprint density at radius 1 is 0.840 bits per heavy atom. The summed E-state index contributed by atoms with van der Waals surface area (Å²) in [5.74, 6) is -3.03. The Balaban J connectivity index is 2.05. The summed E-state index contributed by atoms with van der Waals surface area (Å²) in [4.78, 5) is 38.2. The van der Waals surface area contributed by atoms with E-state index >= 15 is 0 Å². The zero-order valence-corrected chi connectivity index (χ0v) is 29.6. The van der Waals surface area contributed by atoms with Gasteiger partial charge >= 0.3 is 18.1 Å². The number of benzene rings is 2. The number of carbonyl (C=O) groups excluding carboxylic acids is 3. The van der Waals surface area contributed by atoms with Crippen LogP contribution in [-0.2, 0) is 47.0 Å². The predicted octanol–water partition coefficient (Wildman–Crippen LogP) is 8.31. The Bertz CT molecular complexity index is 1620. The molecule has 0 bridgehead atoms. The van der Waals surface area contributed by atoms with Gasteiger partial charge in [-0.15, -0.1) is 0 Å². The topological polar surface area (TPSA) is 119 Å². The first-order chi connectivity index (χ1) is 23.5. The van der Waals surface area contributed by atoms with Crippen LogP contribution in [0.15, 0.2) is 89.1 Å². The zero-order chi connectivity index (χ0) is 37.6. The number of hydrogen-bond donors (Lipinski definition) is 2. The van der Waals surface area contributed by atoms with E-state index in [4.69, 9.17) is 9.47 Å². The van der Waals surface area contributed by atoms with Gasteiger partial charge in [0, 0.05) is 23.8 Å². The lowest BCUT2D eigenvalue weighted by molar-refractivity contribution is -0.277. The van der Waals surface area contributed by atoms with E-state index in [1.807, 2.05) is 19.9 Å². The summed E-state index contributed by atoms with van der Waals surface area (Å²) in [6.07, 6.45) is 3.00. The monoisotopic (exact) mass is 700 g/mol. The van der Waals surface area contributed by atoms with Gasteiger partial charge in [-0.25, -0.2) is 4.79 Å². The number of halogens is 3. The molecule has 8 nitrogen and oxygen atoms in total. The van der Waals surface area contributed by atoms with E-state index in [1.54, 1.807) is 19.9 Å². The van der Waals surface area contributed by atoms with E-state index in [1.165, 1.54) is 50.4 Å². The first-order valence-electron chi connectivity index (χ1n) is 16.1. The smallest absolute Gasteiger partial charge is 0.432 e. The van der Waals surface area contributed by atoms with Crippen molar-refractivity contribution in [2.45, 2.75) is 91.0 Å². The molecule has 0 spiro atoms. The standard InChI is InChI=1S/C39H47F3O8/c1-25(2)21-33(50-37(47)38(49-7,39(40,41)42)31-17-9-8-10-18-31)35(45)28(5)16-12-15-26(3)13-11-14-27(4)19-20-29-22-32(43)23-30(36(29)46)24-34(44)48-6/h8-10,13,16-19,21-23,33,43,46H,11-12,14-15,20,24H2,1-7H3/b26-13+,27-19-,28-16+/t33-,38+/m0/s1. The highest BCUT2D eigenvalue weighted by molar-refractivity contribution is 6.01. The van der Waals surface area contributed by atoms with Crippen LogP contribution in [0.3, 0.4) is 0 Å². The van der Waals surface area contributed by atoms with Crippen molar-refractivity contribution < 1.29 is 52.0 Å². The summed E-state index contributed by atoms with van der Waals surface area (Å²) in [6, 6.07) is 9.21. The molecule has 0 radical (unpaired) electrons. The highest BCUT2D eigenvalue weighted by atomic mass is 19.4. The van der Waals surface area contributed by atoms with E-state index in [0.29, 0.717) is 30.4 Å². The Morgan fingerprint density at radius 3 is 1.98 bits per heavy atom. The molecule has 0 aliphatic heterocycles. The first kappa shape index (κ1) is 41.5. The SMILES string of the molecule is COC(=O)Cc1cc(O)cc(C/C=C(/C)CC/C=C(\C)CC/C=C(\C)C(=O)[C@H](C=C(C)C)OC(=O)[C@](OC)(c2ccccc2)C(F)(F)F)c1O. The maximum atomic E-state index is 14.4. The quantitative estimate of drug-likeness (QED) is 0.0732. The summed E-state index contributed by atoms with van der Waals surface area (Å²) in [6.45, 7) is 8.72. The van der Waals surface area contributed by atoms with Gasteiger partial charge in [-0.05, 0) is 90.5 Å². The summed E-state index contributed by atoms with van der Waals surface area (Å²) < 4.78 is 57.8. The number of phenols is 2. The van der Waals surface area contributed by atoms with Crippen molar-refractivity contribution in [1.29, 1.82) is 0 Å². The number of rotatable bonds is 17. The first-order valence-corrected chi connectivity index (χ1v) is 16.1. The summed E-state index contributed by atoms with van der Waals surface area (Å²) >= 11 is 0. The lowest BCUT2D eigenvalue weighted by Gasteiger charge is -2.33. The van der Waals surface area contributed by atoms with Gasteiger partial charge in [-0.1, -0.05) is 65.3 Å². The number of allylic oxidation sites excluding steroid dienone is 6. The number of ether oxygens (including phenoxy) is 3. The van der Waals surface area contributed by atoms with Crippen molar-refractivity contribution in [2.24, 2.45) is 0 Å². The van der Waals surface area contributed by atoms with E-state index in [0.717, 1.165) is 43.2 Å². The van der Waals surface area contributed by atoms with Crippen LogP contribution in [0, 0.1) is 0 Å². The lowest BCUT2D eigenvalue weighted by atomic mass is 9.92. The number of aromatic hydroxyl groups is 2. The van der Waals surface area contributed by atoms with Crippen molar-refractivity contribution >= 4 is 17.7 Å². The molecule has 0 saturated carbocycles. The third kappa shape index (κ3) is 11.5. The molecule has 2 aromatic carbocycles. The molecule has 272 valence electrons. The van der Waals surface area contributed by atoms with Crippen molar-refractivity contribution in [1.82, 2.24) is 0 Å². The lowest BCUT2D eigenvalue weighted by Crippen LogP contribution is -2.53. The Kier molecular flexibility index (Phi) is 15.7. The Morgan fingerprint density at radius 2 is 1.42 bits per heavy atom. The molecule has 11 heteroatoms. The van der Waals surface area contributed by atoms with Gasteiger partial charge in [0.25, 0.3) is 5.60 Å². The van der Waals surface area contributed by atoms with Crippen LogP contribution in [0.4, 0.5) is 13.2 Å². The number of alkyl halides is 3. The second-order valence-electron chi connectivity index (χ2n) is 12.3. The summed E-state index contributed by atoms with van der Waals surface area (Å²) in [5.41, 5.74) is -0.172. The number of ketones is 1. The molecular formula is C39H47F3O8. The average Bonchev–Trinajstić information content (AvgIpc) is 3.04. The second-order valence-corrected chi connectivity index (χ2v) is 12.3. The minimum Gasteiger partial charge on any atom is -0.508 e. The van der Waals surface area contributed by atoms with Gasteiger partial charge in [0.15, 0.2) is 6.10 Å². The number of carbonyl (C=O) groups is 3.